The topological polar surface area (TPSA) is 314 Å². The zero-order valence-electron chi connectivity index (χ0n) is 11.7. The molecule has 15 heteroatoms. The standard InChI is InChI=1S/2C4H6O6.Cu.2H3N/c2*5-1(3(7)8)2(6)4(9)10;;;/h2*1-2,5-6H,(H,7,8)(H,9,10);;2*1H3/q;;+2;;/p-2. The molecular weight excluding hydrogens is 380 g/mol. The molecule has 0 amide bonds. The van der Waals surface area contributed by atoms with Gasteiger partial charge in [-0.3, -0.25) is 0 Å². The van der Waals surface area contributed by atoms with E-state index in [9.17, 15) is 39.6 Å². The van der Waals surface area contributed by atoms with Crippen LogP contribution in [0, 0.1) is 0 Å². The van der Waals surface area contributed by atoms with Crippen LogP contribution in [0.2, 0.25) is 0 Å². The van der Waals surface area contributed by atoms with Crippen molar-refractivity contribution in [2.24, 2.45) is 0 Å². The number of aliphatic carboxylic acids is 4. The molecule has 141 valence electrons. The molecule has 4 unspecified atom stereocenters. The fourth-order valence-corrected chi connectivity index (χ4v) is 0.516. The molecular formula is C8H16CuN2O12. The number of carboxylic acids is 4. The Morgan fingerprint density at radius 1 is 0.522 bits per heavy atom. The smallest absolute Gasteiger partial charge is 0.547 e. The molecule has 0 aromatic rings. The number of carbonyl (C=O) groups is 4. The summed E-state index contributed by atoms with van der Waals surface area (Å²) in [5.41, 5.74) is 0. The number of quaternary nitrogens is 2. The minimum absolute atomic E-state index is 0. The number of aliphatic hydroxyl groups excluding tert-OH is 4. The first-order chi connectivity index (χ1) is 8.93. The van der Waals surface area contributed by atoms with E-state index in [1.807, 2.05) is 0 Å². The maximum absolute atomic E-state index is 9.63. The fraction of sp³-hybridized carbons (Fsp3) is 0.500. The van der Waals surface area contributed by atoms with Gasteiger partial charge in [-0.1, -0.05) is 0 Å². The Balaban J connectivity index is -0.0000000831. The first-order valence-corrected chi connectivity index (χ1v) is 4.49. The van der Waals surface area contributed by atoms with Crippen LogP contribution in [0.4, 0.5) is 0 Å². The van der Waals surface area contributed by atoms with Gasteiger partial charge in [0.25, 0.3) is 0 Å². The average Bonchev–Trinajstić information content (AvgIpc) is 2.35. The van der Waals surface area contributed by atoms with E-state index in [0.717, 1.165) is 0 Å². The van der Waals surface area contributed by atoms with Gasteiger partial charge < -0.3 is 72.3 Å². The predicted octanol–water partition coefficient (Wildman–Crippen LogP) is -8.83. The van der Waals surface area contributed by atoms with Crippen LogP contribution in [0.3, 0.4) is 0 Å². The van der Waals surface area contributed by atoms with Crippen molar-refractivity contribution in [2.45, 2.75) is 24.4 Å². The molecule has 0 heterocycles. The first kappa shape index (κ1) is 32.9. The second-order valence-electron chi connectivity index (χ2n) is 3.06. The molecule has 0 spiro atoms. The summed E-state index contributed by atoms with van der Waals surface area (Å²) in [5, 5.41) is 71.5. The maximum Gasteiger partial charge on any atom is 2.00 e. The number of carboxylic acid groups (broad SMARTS) is 4. The van der Waals surface area contributed by atoms with Crippen molar-refractivity contribution in [1.82, 2.24) is 12.3 Å². The van der Waals surface area contributed by atoms with Crippen molar-refractivity contribution < 1.29 is 77.1 Å². The third-order valence-electron chi connectivity index (χ3n) is 1.56. The van der Waals surface area contributed by atoms with Gasteiger partial charge >= 0.3 is 17.1 Å². The van der Waals surface area contributed by atoms with Gasteiger partial charge in [0.1, 0.15) is 24.4 Å². The number of rotatable bonds is 6. The van der Waals surface area contributed by atoms with Crippen molar-refractivity contribution in [3.8, 4) is 0 Å². The van der Waals surface area contributed by atoms with E-state index >= 15 is 0 Å². The van der Waals surface area contributed by atoms with Crippen LogP contribution < -0.4 is 32.7 Å². The SMILES string of the molecule is O=C([O-])C(O)C(O)C(=O)[O-].O=C([O-])C(O)C(O)C(=O)[O-].[Cu+2].[NH4+].[NH4+]. The summed E-state index contributed by atoms with van der Waals surface area (Å²) < 4.78 is 0. The van der Waals surface area contributed by atoms with E-state index in [-0.39, 0.29) is 29.4 Å². The van der Waals surface area contributed by atoms with Crippen LogP contribution in [0.15, 0.2) is 0 Å². The number of hydrogen-bond acceptors (Lipinski definition) is 12. The molecule has 0 fully saturated rings. The summed E-state index contributed by atoms with van der Waals surface area (Å²) in [5.74, 6) is -8.23. The van der Waals surface area contributed by atoms with E-state index in [1.165, 1.54) is 0 Å². The summed E-state index contributed by atoms with van der Waals surface area (Å²) >= 11 is 0. The summed E-state index contributed by atoms with van der Waals surface area (Å²) in [6.07, 6.45) is -9.76. The van der Waals surface area contributed by atoms with Crippen molar-refractivity contribution in [3.63, 3.8) is 0 Å². The Morgan fingerprint density at radius 2 is 0.609 bits per heavy atom. The van der Waals surface area contributed by atoms with Crippen LogP contribution in [0.5, 0.6) is 0 Å². The van der Waals surface area contributed by atoms with Crippen LogP contribution in [-0.2, 0) is 36.2 Å². The second kappa shape index (κ2) is 15.1. The normalized spacial score (nSPS) is 13.7. The summed E-state index contributed by atoms with van der Waals surface area (Å²) in [4.78, 5) is 38.5. The molecule has 0 rings (SSSR count). The molecule has 14 nitrogen and oxygen atoms in total. The summed E-state index contributed by atoms with van der Waals surface area (Å²) in [7, 11) is 0. The number of aliphatic hydroxyl groups is 4. The van der Waals surface area contributed by atoms with Crippen molar-refractivity contribution in [3.05, 3.63) is 0 Å². The van der Waals surface area contributed by atoms with Crippen LogP contribution in [-0.4, -0.2) is 68.7 Å². The molecule has 0 bridgehead atoms. The Labute approximate surface area is 138 Å². The van der Waals surface area contributed by atoms with E-state index in [4.69, 9.17) is 20.4 Å². The third kappa shape index (κ3) is 13.5. The van der Waals surface area contributed by atoms with Crippen LogP contribution in [0.25, 0.3) is 0 Å². The van der Waals surface area contributed by atoms with Gasteiger partial charge in [0.2, 0.25) is 0 Å². The van der Waals surface area contributed by atoms with Crippen molar-refractivity contribution >= 4 is 23.9 Å². The van der Waals surface area contributed by atoms with E-state index in [1.54, 1.807) is 0 Å². The molecule has 0 aromatic carbocycles. The monoisotopic (exact) mass is 395 g/mol. The van der Waals surface area contributed by atoms with E-state index in [2.05, 4.69) is 0 Å². The van der Waals surface area contributed by atoms with Gasteiger partial charge in [0.15, 0.2) is 0 Å². The molecule has 12 N–H and O–H groups in total. The molecule has 0 saturated heterocycles. The zero-order chi connectivity index (χ0) is 16.6. The number of carbonyl (C=O) groups excluding carboxylic acids is 4. The minimum atomic E-state index is -2.44. The minimum Gasteiger partial charge on any atom is -0.547 e. The fourth-order valence-electron chi connectivity index (χ4n) is 0.516. The molecule has 0 aromatic heterocycles. The Kier molecular flexibility index (Phi) is 21.6. The molecule has 0 aliphatic rings. The largest absolute Gasteiger partial charge is 2.00 e. The Hall–Kier alpha value is -1.84. The van der Waals surface area contributed by atoms with Gasteiger partial charge in [-0.15, -0.1) is 0 Å². The average molecular weight is 396 g/mol. The second-order valence-corrected chi connectivity index (χ2v) is 3.06. The number of hydrogen-bond donors (Lipinski definition) is 6. The van der Waals surface area contributed by atoms with E-state index < -0.39 is 48.3 Å². The Morgan fingerprint density at radius 3 is 0.652 bits per heavy atom. The summed E-state index contributed by atoms with van der Waals surface area (Å²) in [6.45, 7) is 0. The third-order valence-corrected chi connectivity index (χ3v) is 1.56. The first-order valence-electron chi connectivity index (χ1n) is 4.49. The molecule has 0 aliphatic carbocycles. The molecule has 1 radical (unpaired) electrons. The van der Waals surface area contributed by atoms with Gasteiger partial charge in [0, 0.05) is 0 Å². The molecule has 4 atom stereocenters. The van der Waals surface area contributed by atoms with Gasteiger partial charge in [0.05, 0.1) is 23.9 Å². The van der Waals surface area contributed by atoms with Gasteiger partial charge in [-0.25, -0.2) is 0 Å². The quantitative estimate of drug-likeness (QED) is 0.228. The molecule has 23 heavy (non-hydrogen) atoms. The zero-order valence-corrected chi connectivity index (χ0v) is 12.6. The van der Waals surface area contributed by atoms with E-state index in [0.29, 0.717) is 0 Å². The van der Waals surface area contributed by atoms with Crippen molar-refractivity contribution in [1.29, 1.82) is 0 Å². The maximum atomic E-state index is 9.63. The van der Waals surface area contributed by atoms with Gasteiger partial charge in [-0.2, -0.15) is 0 Å². The molecule has 0 aliphatic heterocycles. The summed E-state index contributed by atoms with van der Waals surface area (Å²) in [6, 6.07) is 0. The van der Waals surface area contributed by atoms with Gasteiger partial charge in [-0.05, 0) is 0 Å². The molecule has 0 saturated carbocycles. The van der Waals surface area contributed by atoms with Crippen LogP contribution >= 0.6 is 0 Å². The Bertz CT molecular complexity index is 319. The predicted molar refractivity (Wildman–Crippen MR) is 56.0 cm³/mol. The van der Waals surface area contributed by atoms with Crippen molar-refractivity contribution in [2.75, 3.05) is 0 Å². The van der Waals surface area contributed by atoms with Crippen LogP contribution in [0.1, 0.15) is 0 Å².